The summed E-state index contributed by atoms with van der Waals surface area (Å²) >= 11 is 1.49. The van der Waals surface area contributed by atoms with Crippen LogP contribution in [0.15, 0.2) is 23.6 Å². The average Bonchev–Trinajstić information content (AvgIpc) is 2.93. The maximum absolute atomic E-state index is 12.0. The molecule has 1 aromatic heterocycles. The molecule has 1 aromatic carbocycles. The highest BCUT2D eigenvalue weighted by atomic mass is 32.1. The summed E-state index contributed by atoms with van der Waals surface area (Å²) in [4.78, 5) is 16.6. The van der Waals surface area contributed by atoms with Crippen LogP contribution in [0, 0.1) is 5.41 Å². The van der Waals surface area contributed by atoms with Crippen LogP contribution in [0.5, 0.6) is 0 Å². The molecule has 23 heavy (non-hydrogen) atoms. The summed E-state index contributed by atoms with van der Waals surface area (Å²) in [6, 6.07) is 6.66. The van der Waals surface area contributed by atoms with Crippen molar-refractivity contribution in [2.45, 2.75) is 52.9 Å². The molecule has 1 aliphatic carbocycles. The van der Waals surface area contributed by atoms with Gasteiger partial charge in [0.05, 0.1) is 5.69 Å². The molecule has 1 heterocycles. The molecule has 0 aliphatic heterocycles. The van der Waals surface area contributed by atoms with E-state index in [1.807, 2.05) is 5.38 Å². The molecule has 122 valence electrons. The molecule has 1 amide bonds. The maximum Gasteiger partial charge on any atom is 0.226 e. The number of hydrogen-bond donors (Lipinski definition) is 1. The minimum absolute atomic E-state index is 0.0112. The minimum Gasteiger partial charge on any atom is -0.302 e. The molecule has 0 bridgehead atoms. The Morgan fingerprint density at radius 3 is 2.70 bits per heavy atom. The number of amides is 1. The summed E-state index contributed by atoms with van der Waals surface area (Å²) in [5, 5.41) is 5.63. The van der Waals surface area contributed by atoms with Gasteiger partial charge in [-0.05, 0) is 48.3 Å². The molecule has 0 spiro atoms. The summed E-state index contributed by atoms with van der Waals surface area (Å²) in [5.74, 6) is 0.0313. The van der Waals surface area contributed by atoms with Crippen LogP contribution in [0.1, 0.15) is 51.2 Å². The van der Waals surface area contributed by atoms with Crippen LogP contribution in [-0.4, -0.2) is 10.9 Å². The second-order valence-electron chi connectivity index (χ2n) is 7.51. The van der Waals surface area contributed by atoms with E-state index in [2.05, 4.69) is 49.3 Å². The van der Waals surface area contributed by atoms with Gasteiger partial charge in [-0.2, -0.15) is 0 Å². The van der Waals surface area contributed by atoms with Gasteiger partial charge in [-0.3, -0.25) is 4.79 Å². The zero-order chi connectivity index (χ0) is 16.4. The number of thiazole rings is 1. The van der Waals surface area contributed by atoms with Crippen molar-refractivity contribution in [3.8, 4) is 11.3 Å². The zero-order valence-electron chi connectivity index (χ0n) is 14.1. The lowest BCUT2D eigenvalue weighted by molar-refractivity contribution is -0.117. The van der Waals surface area contributed by atoms with Crippen LogP contribution in [-0.2, 0) is 17.6 Å². The van der Waals surface area contributed by atoms with Crippen LogP contribution in [0.25, 0.3) is 11.3 Å². The first-order valence-corrected chi connectivity index (χ1v) is 9.16. The number of benzene rings is 1. The number of aryl methyl sites for hydroxylation is 2. The van der Waals surface area contributed by atoms with E-state index in [1.165, 1.54) is 48.1 Å². The zero-order valence-corrected chi connectivity index (χ0v) is 14.9. The van der Waals surface area contributed by atoms with Crippen molar-refractivity contribution in [3.63, 3.8) is 0 Å². The van der Waals surface area contributed by atoms with Crippen LogP contribution in [0.2, 0.25) is 0 Å². The fourth-order valence-electron chi connectivity index (χ4n) is 3.00. The third kappa shape index (κ3) is 4.20. The van der Waals surface area contributed by atoms with Gasteiger partial charge in [0.15, 0.2) is 5.13 Å². The Balaban J connectivity index is 1.73. The SMILES string of the molecule is CC(C)(C)CC(=O)Nc1nc(-c2ccc3c(c2)CCCC3)cs1. The van der Waals surface area contributed by atoms with Crippen molar-refractivity contribution in [1.82, 2.24) is 4.98 Å². The summed E-state index contributed by atoms with van der Waals surface area (Å²) in [5.41, 5.74) is 5.03. The van der Waals surface area contributed by atoms with E-state index in [9.17, 15) is 4.79 Å². The van der Waals surface area contributed by atoms with Gasteiger partial charge in [0.25, 0.3) is 0 Å². The first-order valence-electron chi connectivity index (χ1n) is 8.28. The Labute approximate surface area is 142 Å². The van der Waals surface area contributed by atoms with Gasteiger partial charge in [-0.1, -0.05) is 32.9 Å². The number of carbonyl (C=O) groups is 1. The Hall–Kier alpha value is -1.68. The summed E-state index contributed by atoms with van der Waals surface area (Å²) in [7, 11) is 0. The highest BCUT2D eigenvalue weighted by molar-refractivity contribution is 7.14. The molecule has 3 rings (SSSR count). The lowest BCUT2D eigenvalue weighted by atomic mass is 9.90. The van der Waals surface area contributed by atoms with Crippen molar-refractivity contribution in [2.75, 3.05) is 5.32 Å². The highest BCUT2D eigenvalue weighted by Crippen LogP contribution is 2.30. The lowest BCUT2D eigenvalue weighted by Crippen LogP contribution is -2.19. The van der Waals surface area contributed by atoms with E-state index >= 15 is 0 Å². The number of nitrogens with one attached hydrogen (secondary N) is 1. The number of anilines is 1. The monoisotopic (exact) mass is 328 g/mol. The van der Waals surface area contributed by atoms with Gasteiger partial charge in [-0.25, -0.2) is 4.98 Å². The minimum atomic E-state index is -0.0112. The normalized spacial score (nSPS) is 14.4. The predicted molar refractivity (Wildman–Crippen MR) is 96.9 cm³/mol. The molecule has 0 saturated heterocycles. The van der Waals surface area contributed by atoms with Gasteiger partial charge >= 0.3 is 0 Å². The number of carbonyl (C=O) groups excluding carboxylic acids is 1. The third-order valence-corrected chi connectivity index (χ3v) is 4.84. The van der Waals surface area contributed by atoms with Gasteiger partial charge in [0, 0.05) is 17.4 Å². The average molecular weight is 328 g/mol. The van der Waals surface area contributed by atoms with Crippen LogP contribution < -0.4 is 5.32 Å². The number of fused-ring (bicyclic) bond motifs is 1. The van der Waals surface area contributed by atoms with Crippen LogP contribution >= 0.6 is 11.3 Å². The Bertz CT molecular complexity index is 712. The van der Waals surface area contributed by atoms with Crippen molar-refractivity contribution >= 4 is 22.4 Å². The summed E-state index contributed by atoms with van der Waals surface area (Å²) in [6.07, 6.45) is 5.44. The molecule has 4 heteroatoms. The largest absolute Gasteiger partial charge is 0.302 e. The fraction of sp³-hybridized carbons (Fsp3) is 0.474. The van der Waals surface area contributed by atoms with Gasteiger partial charge in [0.2, 0.25) is 5.91 Å². The molecule has 0 saturated carbocycles. The van der Waals surface area contributed by atoms with Gasteiger partial charge in [0.1, 0.15) is 0 Å². The molecule has 0 unspecified atom stereocenters. The Kier molecular flexibility index (Phi) is 4.53. The van der Waals surface area contributed by atoms with Gasteiger partial charge in [-0.15, -0.1) is 11.3 Å². The van der Waals surface area contributed by atoms with E-state index in [0.29, 0.717) is 11.6 Å². The second-order valence-corrected chi connectivity index (χ2v) is 8.37. The van der Waals surface area contributed by atoms with Crippen LogP contribution in [0.3, 0.4) is 0 Å². The first-order chi connectivity index (χ1) is 10.9. The lowest BCUT2D eigenvalue weighted by Gasteiger charge is -2.16. The smallest absolute Gasteiger partial charge is 0.226 e. The van der Waals surface area contributed by atoms with E-state index in [-0.39, 0.29) is 11.3 Å². The fourth-order valence-corrected chi connectivity index (χ4v) is 3.74. The summed E-state index contributed by atoms with van der Waals surface area (Å²) < 4.78 is 0. The van der Waals surface area contributed by atoms with Crippen molar-refractivity contribution < 1.29 is 4.79 Å². The molecule has 2 aromatic rings. The second kappa shape index (κ2) is 6.44. The molecular formula is C19H24N2OS. The van der Waals surface area contributed by atoms with Crippen LogP contribution in [0.4, 0.5) is 5.13 Å². The van der Waals surface area contributed by atoms with E-state index in [0.717, 1.165) is 11.3 Å². The van der Waals surface area contributed by atoms with E-state index in [1.54, 1.807) is 0 Å². The molecule has 0 atom stereocenters. The molecule has 1 N–H and O–H groups in total. The van der Waals surface area contributed by atoms with Crippen molar-refractivity contribution in [2.24, 2.45) is 5.41 Å². The number of hydrogen-bond acceptors (Lipinski definition) is 3. The molecular weight excluding hydrogens is 304 g/mol. The number of aromatic nitrogens is 1. The topological polar surface area (TPSA) is 42.0 Å². The third-order valence-electron chi connectivity index (χ3n) is 4.09. The molecule has 1 aliphatic rings. The van der Waals surface area contributed by atoms with E-state index in [4.69, 9.17) is 0 Å². The predicted octanol–water partition coefficient (Wildman–Crippen LogP) is 5.06. The Morgan fingerprint density at radius 2 is 1.96 bits per heavy atom. The van der Waals surface area contributed by atoms with E-state index < -0.39 is 0 Å². The highest BCUT2D eigenvalue weighted by Gasteiger charge is 2.17. The van der Waals surface area contributed by atoms with Crippen molar-refractivity contribution in [3.05, 3.63) is 34.7 Å². The van der Waals surface area contributed by atoms with Crippen molar-refractivity contribution in [1.29, 1.82) is 0 Å². The maximum atomic E-state index is 12.0. The van der Waals surface area contributed by atoms with Gasteiger partial charge < -0.3 is 5.32 Å². The first kappa shape index (κ1) is 16.2. The molecule has 3 nitrogen and oxygen atoms in total. The molecule has 0 radical (unpaired) electrons. The Morgan fingerprint density at radius 1 is 1.22 bits per heavy atom. The molecule has 0 fully saturated rings. The number of rotatable bonds is 3. The summed E-state index contributed by atoms with van der Waals surface area (Å²) in [6.45, 7) is 6.19. The number of nitrogens with zero attached hydrogens (tertiary/aromatic N) is 1. The standard InChI is InChI=1S/C19H24N2OS/c1-19(2,3)11-17(22)21-18-20-16(12-23-18)15-9-8-13-6-4-5-7-14(13)10-15/h8-10,12H,4-7,11H2,1-3H3,(H,20,21,22). The quantitative estimate of drug-likeness (QED) is 0.855.